The number of aromatic nitrogens is 6. The minimum atomic E-state index is 0.567. The van der Waals surface area contributed by atoms with Gasteiger partial charge in [-0.05, 0) is 141 Å². The van der Waals surface area contributed by atoms with Crippen LogP contribution in [0.4, 0.5) is 0 Å². The number of pyridine rings is 4. The molecule has 1 unspecified atom stereocenters. The van der Waals surface area contributed by atoms with Crippen molar-refractivity contribution in [2.75, 3.05) is 0 Å². The lowest BCUT2D eigenvalue weighted by molar-refractivity contribution is 0.739. The van der Waals surface area contributed by atoms with Crippen LogP contribution in [0.25, 0.3) is 94.2 Å². The summed E-state index contributed by atoms with van der Waals surface area (Å²) >= 11 is 0. The molecule has 67 heavy (non-hydrogen) atoms. The summed E-state index contributed by atoms with van der Waals surface area (Å²) in [5.74, 6) is 0.567. The fourth-order valence-electron chi connectivity index (χ4n) is 9.07. The summed E-state index contributed by atoms with van der Waals surface area (Å²) in [6.45, 7) is 8.46. The van der Waals surface area contributed by atoms with Gasteiger partial charge in [0.2, 0.25) is 0 Å². The van der Waals surface area contributed by atoms with E-state index in [0.29, 0.717) is 5.92 Å². The largest absolute Gasteiger partial charge is 0.308 e. The monoisotopic (exact) mass is 868 g/mol. The van der Waals surface area contributed by atoms with Crippen LogP contribution in [0.3, 0.4) is 0 Å². The molecule has 10 aromatic rings. The van der Waals surface area contributed by atoms with Crippen molar-refractivity contribution in [2.45, 2.75) is 40.5 Å². The van der Waals surface area contributed by atoms with Gasteiger partial charge in [0.25, 0.3) is 0 Å². The van der Waals surface area contributed by atoms with Gasteiger partial charge < -0.3 is 9.13 Å². The van der Waals surface area contributed by atoms with Crippen LogP contribution in [-0.2, 0) is 0 Å². The molecule has 1 atom stereocenters. The predicted octanol–water partition coefficient (Wildman–Crippen LogP) is 15.9. The second-order valence-corrected chi connectivity index (χ2v) is 17.2. The van der Waals surface area contributed by atoms with Gasteiger partial charge in [0.05, 0.1) is 33.1 Å². The maximum absolute atomic E-state index is 4.93. The quantitative estimate of drug-likeness (QED) is 0.107. The van der Waals surface area contributed by atoms with Gasteiger partial charge in [0, 0.05) is 81.6 Å². The lowest BCUT2D eigenvalue weighted by Gasteiger charge is -2.13. The van der Waals surface area contributed by atoms with Crippen LogP contribution < -0.4 is 0 Å². The molecule has 1 aliphatic rings. The van der Waals surface area contributed by atoms with Crippen molar-refractivity contribution in [1.29, 1.82) is 0 Å². The van der Waals surface area contributed by atoms with Gasteiger partial charge >= 0.3 is 0 Å². The van der Waals surface area contributed by atoms with Gasteiger partial charge in [-0.1, -0.05) is 110 Å². The van der Waals surface area contributed by atoms with Gasteiger partial charge in [-0.25, -0.2) is 0 Å². The first-order valence-corrected chi connectivity index (χ1v) is 23.1. The highest BCUT2D eigenvalue weighted by Gasteiger charge is 2.18. The van der Waals surface area contributed by atoms with Gasteiger partial charge in [0.1, 0.15) is 0 Å². The molecule has 6 nitrogen and oxygen atoms in total. The Labute approximate surface area is 392 Å². The first-order chi connectivity index (χ1) is 33.0. The van der Waals surface area contributed by atoms with E-state index < -0.39 is 0 Å². The standard InChI is InChI=1S/C51H36N6.C10H16/c1-33-14-16-35(17-15-33)39-25-41(32-53-30-39)37-19-21-47-45(27-37)51-49(13-7-23-55-51)57(47)43-11-5-10-42(28-43)56-46-20-18-36(26-44(46)50-48(56)12-6-22-54-50)40-24-38(29-52-31-40)34-8-3-2-4-9-34;1-4-6-8-10(3)9-7-5-2/h2-14,16-33H,15H2,1H3;4-8H,9H2,1-3H3/b;6-4-,7-5-,10-8+. The third-order valence-electron chi connectivity index (χ3n) is 12.5. The van der Waals surface area contributed by atoms with E-state index in [-0.39, 0.29) is 0 Å². The van der Waals surface area contributed by atoms with Crippen LogP contribution >= 0.6 is 0 Å². The molecule has 6 aromatic heterocycles. The lowest BCUT2D eigenvalue weighted by atomic mass is 9.94. The van der Waals surface area contributed by atoms with Crippen molar-refractivity contribution in [2.24, 2.45) is 5.92 Å². The third-order valence-corrected chi connectivity index (χ3v) is 12.5. The molecular formula is C61H52N6. The summed E-state index contributed by atoms with van der Waals surface area (Å²) < 4.78 is 4.65. The highest BCUT2D eigenvalue weighted by atomic mass is 15.0. The van der Waals surface area contributed by atoms with Crippen molar-refractivity contribution in [1.82, 2.24) is 29.1 Å². The van der Waals surface area contributed by atoms with E-state index in [0.717, 1.165) is 107 Å². The zero-order valence-electron chi connectivity index (χ0n) is 38.4. The van der Waals surface area contributed by atoms with Crippen molar-refractivity contribution < 1.29 is 0 Å². The van der Waals surface area contributed by atoms with Crippen LogP contribution in [0.2, 0.25) is 0 Å². The second kappa shape index (κ2) is 19.1. The van der Waals surface area contributed by atoms with Crippen LogP contribution in [0.5, 0.6) is 0 Å². The zero-order valence-corrected chi connectivity index (χ0v) is 38.4. The van der Waals surface area contributed by atoms with Crippen LogP contribution in [0, 0.1) is 5.92 Å². The first-order valence-electron chi connectivity index (χ1n) is 23.1. The Morgan fingerprint density at radius 3 is 1.72 bits per heavy atom. The normalized spacial score (nSPS) is 14.1. The molecule has 6 heteroatoms. The highest BCUT2D eigenvalue weighted by Crippen LogP contribution is 2.38. The van der Waals surface area contributed by atoms with E-state index in [4.69, 9.17) is 9.97 Å². The molecule has 0 fully saturated rings. The Morgan fingerprint density at radius 2 is 1.15 bits per heavy atom. The smallest absolute Gasteiger partial charge is 0.0963 e. The number of rotatable bonds is 9. The topological polar surface area (TPSA) is 61.4 Å². The molecule has 0 aliphatic heterocycles. The van der Waals surface area contributed by atoms with Crippen LogP contribution in [-0.4, -0.2) is 29.1 Å². The number of fused-ring (bicyclic) bond motifs is 6. The number of hydrogen-bond donors (Lipinski definition) is 0. The molecule has 0 saturated heterocycles. The summed E-state index contributed by atoms with van der Waals surface area (Å²) in [5.41, 5.74) is 18.7. The molecule has 0 saturated carbocycles. The summed E-state index contributed by atoms with van der Waals surface area (Å²) in [5, 5.41) is 2.19. The molecule has 0 bridgehead atoms. The average molecular weight is 869 g/mol. The average Bonchev–Trinajstić information content (AvgIpc) is 3.90. The lowest BCUT2D eigenvalue weighted by Crippen LogP contribution is -1.98. The highest BCUT2D eigenvalue weighted by molar-refractivity contribution is 6.10. The molecule has 326 valence electrons. The van der Waals surface area contributed by atoms with E-state index in [1.165, 1.54) is 11.1 Å². The minimum absolute atomic E-state index is 0.567. The van der Waals surface area contributed by atoms with E-state index in [1.54, 1.807) is 0 Å². The Hall–Kier alpha value is -8.22. The van der Waals surface area contributed by atoms with Crippen molar-refractivity contribution in [3.63, 3.8) is 0 Å². The fraction of sp³-hybridized carbons (Fsp3) is 0.115. The molecule has 11 rings (SSSR count). The maximum Gasteiger partial charge on any atom is 0.0963 e. The summed E-state index contributed by atoms with van der Waals surface area (Å²) in [7, 11) is 0. The van der Waals surface area contributed by atoms with Crippen molar-refractivity contribution >= 4 is 49.4 Å². The van der Waals surface area contributed by atoms with Gasteiger partial charge in [-0.3, -0.25) is 19.9 Å². The van der Waals surface area contributed by atoms with Crippen LogP contribution in [0.15, 0.2) is 219 Å². The van der Waals surface area contributed by atoms with Gasteiger partial charge in [0.15, 0.2) is 0 Å². The Bertz CT molecular complexity index is 3580. The number of hydrogen-bond acceptors (Lipinski definition) is 4. The predicted molar refractivity (Wildman–Crippen MR) is 282 cm³/mol. The van der Waals surface area contributed by atoms with E-state index in [9.17, 15) is 0 Å². The fourth-order valence-corrected chi connectivity index (χ4v) is 9.07. The maximum atomic E-state index is 4.93. The Balaban J connectivity index is 0.000000474. The second-order valence-electron chi connectivity index (χ2n) is 17.2. The van der Waals surface area contributed by atoms with Gasteiger partial charge in [-0.2, -0.15) is 0 Å². The zero-order chi connectivity index (χ0) is 45.7. The molecule has 1 aliphatic carbocycles. The summed E-state index contributed by atoms with van der Waals surface area (Å²) in [6.07, 6.45) is 31.0. The van der Waals surface area contributed by atoms with E-state index >= 15 is 0 Å². The summed E-state index contributed by atoms with van der Waals surface area (Å²) in [6, 6.07) is 45.3. The number of allylic oxidation sites excluding steroid dienone is 10. The molecule has 0 spiro atoms. The van der Waals surface area contributed by atoms with Gasteiger partial charge in [-0.15, -0.1) is 0 Å². The van der Waals surface area contributed by atoms with E-state index in [2.05, 4.69) is 185 Å². The molecule has 0 radical (unpaired) electrons. The number of benzene rings is 4. The molecule has 0 N–H and O–H groups in total. The summed E-state index contributed by atoms with van der Waals surface area (Å²) in [4.78, 5) is 19.1. The number of nitrogens with zero attached hydrogens (tertiary/aromatic N) is 6. The minimum Gasteiger partial charge on any atom is -0.308 e. The molecule has 0 amide bonds. The first kappa shape index (κ1) is 42.7. The molecule has 4 aromatic carbocycles. The van der Waals surface area contributed by atoms with Crippen molar-refractivity contribution in [3.05, 3.63) is 224 Å². The molecule has 6 heterocycles. The molecular weight excluding hydrogens is 817 g/mol. The SMILES string of the molecule is C/C=C\C=C(/C)C/C=C\C.CC1C=CC(c2cncc(-c3ccc4c(c3)c3ncccc3n4-c3cccc(-n4c5ccc(-c6cncc(-c7ccccc7)c6)cc5c5ncccc54)c3)c2)=CC1. The third kappa shape index (κ3) is 8.70. The van der Waals surface area contributed by atoms with E-state index in [1.807, 2.05) is 75.3 Å². The van der Waals surface area contributed by atoms with Crippen LogP contribution in [0.1, 0.15) is 46.1 Å². The Morgan fingerprint density at radius 1 is 0.567 bits per heavy atom. The van der Waals surface area contributed by atoms with Crippen molar-refractivity contribution in [3.8, 4) is 44.8 Å². The Kier molecular flexibility index (Phi) is 12.2.